The third-order valence-electron chi connectivity index (χ3n) is 7.03. The van der Waals surface area contributed by atoms with E-state index in [1.54, 1.807) is 18.7 Å². The molecule has 0 aromatic heterocycles. The Morgan fingerprint density at radius 3 is 2.19 bits per heavy atom. The second-order valence-electron chi connectivity index (χ2n) is 9.79. The molecule has 1 aliphatic carbocycles. The van der Waals surface area contributed by atoms with Crippen LogP contribution in [0.15, 0.2) is 11.8 Å². The Balaban J connectivity index is 1.73. The Morgan fingerprint density at radius 2 is 1.69 bits per heavy atom. The van der Waals surface area contributed by atoms with Gasteiger partial charge in [-0.3, -0.25) is 29.5 Å². The van der Waals surface area contributed by atoms with Crippen LogP contribution in [0.2, 0.25) is 0 Å². The number of barbiturate groups is 1. The van der Waals surface area contributed by atoms with Gasteiger partial charge in [0.05, 0.1) is 0 Å². The van der Waals surface area contributed by atoms with Crippen LogP contribution in [0, 0.1) is 5.41 Å². The Bertz CT molecular complexity index is 872. The van der Waals surface area contributed by atoms with Crippen LogP contribution in [-0.4, -0.2) is 69.2 Å². The number of unbranched alkanes of at least 4 members (excludes halogenated alkanes) is 1. The lowest BCUT2D eigenvalue weighted by atomic mass is 9.72. The Kier molecular flexibility index (Phi) is 6.35. The summed E-state index contributed by atoms with van der Waals surface area (Å²) < 4.78 is 0. The van der Waals surface area contributed by atoms with Gasteiger partial charge in [0, 0.05) is 25.3 Å². The van der Waals surface area contributed by atoms with Gasteiger partial charge in [0.15, 0.2) is 0 Å². The van der Waals surface area contributed by atoms with E-state index in [0.717, 1.165) is 17.5 Å². The molecule has 0 bridgehead atoms. The van der Waals surface area contributed by atoms with E-state index < -0.39 is 29.4 Å². The van der Waals surface area contributed by atoms with Crippen LogP contribution in [0.4, 0.5) is 9.59 Å². The maximum atomic E-state index is 13.1. The molecular formula is C22H33N5O5. The molecule has 0 unspecified atom stereocenters. The SMILES string of the molecule is CCCCN1C(=O)/C(=C/N)C(=O)N(C2CCC(C)(CN3C(=O)NC(=O)C3(C)C)CC2)C1=O. The Hall–Kier alpha value is -2.91. The van der Waals surface area contributed by atoms with Gasteiger partial charge < -0.3 is 10.6 Å². The van der Waals surface area contributed by atoms with E-state index in [1.807, 2.05) is 6.92 Å². The minimum atomic E-state index is -0.920. The lowest BCUT2D eigenvalue weighted by Crippen LogP contribution is -2.60. The first-order valence-corrected chi connectivity index (χ1v) is 11.2. The summed E-state index contributed by atoms with van der Waals surface area (Å²) in [6.07, 6.45) is 4.85. The van der Waals surface area contributed by atoms with Gasteiger partial charge in [-0.25, -0.2) is 9.59 Å². The van der Waals surface area contributed by atoms with Gasteiger partial charge in [-0.2, -0.15) is 0 Å². The van der Waals surface area contributed by atoms with E-state index in [2.05, 4.69) is 12.2 Å². The fraction of sp³-hybridized carbons (Fsp3) is 0.682. The van der Waals surface area contributed by atoms with Crippen molar-refractivity contribution in [1.29, 1.82) is 0 Å². The molecule has 32 heavy (non-hydrogen) atoms. The summed E-state index contributed by atoms with van der Waals surface area (Å²) in [4.78, 5) is 66.8. The van der Waals surface area contributed by atoms with Crippen LogP contribution in [0.5, 0.6) is 0 Å². The molecule has 0 spiro atoms. The largest absolute Gasteiger partial charge is 0.404 e. The third-order valence-corrected chi connectivity index (χ3v) is 7.03. The van der Waals surface area contributed by atoms with Crippen molar-refractivity contribution in [3.8, 4) is 0 Å². The summed E-state index contributed by atoms with van der Waals surface area (Å²) in [5.74, 6) is -1.60. The number of hydrogen-bond acceptors (Lipinski definition) is 6. The predicted octanol–water partition coefficient (Wildman–Crippen LogP) is 1.70. The molecule has 1 saturated carbocycles. The van der Waals surface area contributed by atoms with Gasteiger partial charge in [-0.15, -0.1) is 0 Å². The van der Waals surface area contributed by atoms with Crippen molar-refractivity contribution in [1.82, 2.24) is 20.0 Å². The van der Waals surface area contributed by atoms with Crippen molar-refractivity contribution >= 4 is 29.8 Å². The van der Waals surface area contributed by atoms with Crippen molar-refractivity contribution in [3.63, 3.8) is 0 Å². The number of nitrogens with zero attached hydrogens (tertiary/aromatic N) is 3. The number of urea groups is 2. The average molecular weight is 448 g/mol. The van der Waals surface area contributed by atoms with Crippen LogP contribution < -0.4 is 11.1 Å². The number of nitrogens with two attached hydrogens (primary N) is 1. The van der Waals surface area contributed by atoms with E-state index in [9.17, 15) is 24.0 Å². The van der Waals surface area contributed by atoms with E-state index in [4.69, 9.17) is 5.73 Å². The number of carbonyl (C=O) groups is 5. The topological polar surface area (TPSA) is 133 Å². The highest BCUT2D eigenvalue weighted by Crippen LogP contribution is 2.41. The molecule has 0 radical (unpaired) electrons. The highest BCUT2D eigenvalue weighted by Gasteiger charge is 2.50. The van der Waals surface area contributed by atoms with Gasteiger partial charge in [0.1, 0.15) is 11.1 Å². The highest BCUT2D eigenvalue weighted by molar-refractivity contribution is 6.28. The number of amides is 7. The second kappa shape index (κ2) is 8.55. The number of hydrogen-bond donors (Lipinski definition) is 2. The molecule has 3 fully saturated rings. The average Bonchev–Trinajstić information content (AvgIpc) is 2.91. The molecule has 3 aliphatic rings. The summed E-state index contributed by atoms with van der Waals surface area (Å²) in [6, 6.07) is -1.33. The van der Waals surface area contributed by atoms with Crippen LogP contribution >= 0.6 is 0 Å². The maximum Gasteiger partial charge on any atom is 0.334 e. The first kappa shape index (κ1) is 23.7. The standard InChI is InChI=1S/C22H33N5O5/c1-5-6-11-25-16(28)15(12-23)17(29)27(20(25)32)14-7-9-22(4,10-8-14)13-26-19(31)24-18(30)21(26,2)3/h12,14H,5-11,13,23H2,1-4H3,(H,24,30,31)/b15-12-. The zero-order valence-electron chi connectivity index (χ0n) is 19.3. The lowest BCUT2D eigenvalue weighted by molar-refractivity contribution is -0.138. The summed E-state index contributed by atoms with van der Waals surface area (Å²) in [5.41, 5.74) is 4.20. The van der Waals surface area contributed by atoms with E-state index in [1.165, 1.54) is 4.90 Å². The van der Waals surface area contributed by atoms with Crippen LogP contribution in [0.3, 0.4) is 0 Å². The zero-order chi connectivity index (χ0) is 23.8. The van der Waals surface area contributed by atoms with Gasteiger partial charge >= 0.3 is 12.1 Å². The number of nitrogens with one attached hydrogen (secondary N) is 1. The predicted molar refractivity (Wildman–Crippen MR) is 116 cm³/mol. The fourth-order valence-corrected chi connectivity index (χ4v) is 4.71. The molecular weight excluding hydrogens is 414 g/mol. The van der Waals surface area contributed by atoms with Crippen molar-refractivity contribution in [3.05, 3.63) is 11.8 Å². The first-order valence-electron chi connectivity index (χ1n) is 11.2. The normalized spacial score (nSPS) is 29.9. The molecule has 2 heterocycles. The van der Waals surface area contributed by atoms with Crippen molar-refractivity contribution in [2.45, 2.75) is 77.8 Å². The Morgan fingerprint density at radius 1 is 1.06 bits per heavy atom. The molecule has 0 aromatic carbocycles. The minimum absolute atomic E-state index is 0.178. The quantitative estimate of drug-likeness (QED) is 0.362. The van der Waals surface area contributed by atoms with E-state index >= 15 is 0 Å². The number of rotatable bonds is 6. The van der Waals surface area contributed by atoms with Crippen molar-refractivity contribution in [2.24, 2.45) is 11.1 Å². The maximum absolute atomic E-state index is 13.1. The van der Waals surface area contributed by atoms with Gasteiger partial charge in [-0.05, 0) is 51.4 Å². The highest BCUT2D eigenvalue weighted by atomic mass is 16.2. The van der Waals surface area contributed by atoms with Crippen LogP contribution in [-0.2, 0) is 14.4 Å². The van der Waals surface area contributed by atoms with E-state index in [0.29, 0.717) is 38.6 Å². The fourth-order valence-electron chi connectivity index (χ4n) is 4.71. The summed E-state index contributed by atoms with van der Waals surface area (Å²) >= 11 is 0. The molecule has 10 nitrogen and oxygen atoms in total. The molecule has 176 valence electrons. The number of carbonyl (C=O) groups excluding carboxylic acids is 5. The van der Waals surface area contributed by atoms with Gasteiger partial charge in [0.2, 0.25) is 0 Å². The van der Waals surface area contributed by atoms with E-state index in [-0.39, 0.29) is 29.5 Å². The zero-order valence-corrected chi connectivity index (χ0v) is 19.3. The molecule has 3 rings (SSSR count). The molecule has 0 aromatic rings. The van der Waals surface area contributed by atoms with Crippen molar-refractivity contribution in [2.75, 3.05) is 13.1 Å². The Labute approximate surface area is 188 Å². The van der Waals surface area contributed by atoms with Crippen LogP contribution in [0.25, 0.3) is 0 Å². The van der Waals surface area contributed by atoms with Gasteiger partial charge in [-0.1, -0.05) is 20.3 Å². The molecule has 3 N–H and O–H groups in total. The molecule has 7 amide bonds. The first-order chi connectivity index (χ1) is 15.0. The van der Waals surface area contributed by atoms with Gasteiger partial charge in [0.25, 0.3) is 17.7 Å². The molecule has 2 saturated heterocycles. The smallest absolute Gasteiger partial charge is 0.334 e. The summed E-state index contributed by atoms with van der Waals surface area (Å²) in [7, 11) is 0. The molecule has 10 heteroatoms. The molecule has 0 atom stereocenters. The minimum Gasteiger partial charge on any atom is -0.404 e. The summed E-state index contributed by atoms with van der Waals surface area (Å²) in [6.45, 7) is 8.09. The summed E-state index contributed by atoms with van der Waals surface area (Å²) in [5, 5.41) is 2.37. The van der Waals surface area contributed by atoms with Crippen molar-refractivity contribution < 1.29 is 24.0 Å². The third kappa shape index (κ3) is 3.98. The number of imide groups is 3. The lowest BCUT2D eigenvalue weighted by Gasteiger charge is -2.45. The monoisotopic (exact) mass is 447 g/mol. The molecule has 2 aliphatic heterocycles. The van der Waals surface area contributed by atoms with Crippen LogP contribution in [0.1, 0.15) is 66.2 Å². The second-order valence-corrected chi connectivity index (χ2v) is 9.79.